The second-order valence-electron chi connectivity index (χ2n) is 4.32. The Kier molecular flexibility index (Phi) is 3.91. The minimum Gasteiger partial charge on any atom is -0.279 e. The molecule has 0 bridgehead atoms. The highest BCUT2D eigenvalue weighted by molar-refractivity contribution is 7.92. The molecule has 0 fully saturated rings. The van der Waals surface area contributed by atoms with Crippen molar-refractivity contribution in [3.8, 4) is 6.07 Å². The average Bonchev–Trinajstić information content (AvgIpc) is 2.40. The molecule has 2 aromatic rings. The van der Waals surface area contributed by atoms with Crippen LogP contribution < -0.4 is 4.72 Å². The number of nitriles is 1. The van der Waals surface area contributed by atoms with Crippen LogP contribution in [0, 0.1) is 29.9 Å². The van der Waals surface area contributed by atoms with E-state index in [9.17, 15) is 17.2 Å². The molecular formula is C14H10F2N2O2S. The van der Waals surface area contributed by atoms with Gasteiger partial charge in [-0.1, -0.05) is 6.07 Å². The van der Waals surface area contributed by atoms with Crippen LogP contribution in [0.5, 0.6) is 0 Å². The smallest absolute Gasteiger partial charge is 0.264 e. The fourth-order valence-corrected chi connectivity index (χ4v) is 2.88. The molecule has 0 aliphatic carbocycles. The predicted octanol–water partition coefficient (Wildman–Crippen LogP) is 2.95. The third-order valence-electron chi connectivity index (χ3n) is 2.79. The van der Waals surface area contributed by atoms with Gasteiger partial charge in [0.05, 0.1) is 17.3 Å². The van der Waals surface area contributed by atoms with E-state index >= 15 is 0 Å². The van der Waals surface area contributed by atoms with Gasteiger partial charge in [-0.15, -0.1) is 0 Å². The number of anilines is 1. The zero-order valence-corrected chi connectivity index (χ0v) is 11.7. The molecule has 0 radical (unpaired) electrons. The molecule has 0 saturated carbocycles. The Hall–Kier alpha value is -2.46. The number of hydrogen-bond acceptors (Lipinski definition) is 3. The van der Waals surface area contributed by atoms with Crippen molar-refractivity contribution in [2.45, 2.75) is 11.8 Å². The Morgan fingerprint density at radius 3 is 2.48 bits per heavy atom. The Labute approximate surface area is 120 Å². The molecule has 0 amide bonds. The average molecular weight is 308 g/mol. The lowest BCUT2D eigenvalue weighted by Crippen LogP contribution is -2.15. The lowest BCUT2D eigenvalue weighted by atomic mass is 10.1. The van der Waals surface area contributed by atoms with Crippen LogP contribution in [-0.2, 0) is 10.0 Å². The molecule has 4 nitrogen and oxygen atoms in total. The summed E-state index contributed by atoms with van der Waals surface area (Å²) >= 11 is 0. The van der Waals surface area contributed by atoms with E-state index in [1.54, 1.807) is 13.0 Å². The summed E-state index contributed by atoms with van der Waals surface area (Å²) < 4.78 is 52.9. The molecule has 2 rings (SSSR count). The van der Waals surface area contributed by atoms with Crippen molar-refractivity contribution in [3.05, 3.63) is 59.2 Å². The first-order chi connectivity index (χ1) is 9.83. The Morgan fingerprint density at radius 2 is 1.86 bits per heavy atom. The highest BCUT2D eigenvalue weighted by Crippen LogP contribution is 2.23. The quantitative estimate of drug-likeness (QED) is 0.947. The van der Waals surface area contributed by atoms with Gasteiger partial charge in [-0.2, -0.15) is 5.26 Å². The molecule has 0 unspecified atom stereocenters. The van der Waals surface area contributed by atoms with E-state index in [2.05, 4.69) is 4.72 Å². The third kappa shape index (κ3) is 3.17. The molecule has 0 atom stereocenters. The van der Waals surface area contributed by atoms with Crippen LogP contribution in [-0.4, -0.2) is 8.42 Å². The van der Waals surface area contributed by atoms with E-state index in [0.717, 1.165) is 12.1 Å². The summed E-state index contributed by atoms with van der Waals surface area (Å²) in [4.78, 5) is -0.661. The molecule has 21 heavy (non-hydrogen) atoms. The number of sulfonamides is 1. The lowest BCUT2D eigenvalue weighted by Gasteiger charge is -2.11. The second-order valence-corrected chi connectivity index (χ2v) is 5.97. The van der Waals surface area contributed by atoms with E-state index in [1.807, 2.05) is 6.07 Å². The largest absolute Gasteiger partial charge is 0.279 e. The van der Waals surface area contributed by atoms with E-state index in [-0.39, 0.29) is 11.3 Å². The maximum Gasteiger partial charge on any atom is 0.264 e. The Balaban J connectivity index is 2.45. The number of benzene rings is 2. The van der Waals surface area contributed by atoms with Crippen molar-refractivity contribution in [2.24, 2.45) is 0 Å². The van der Waals surface area contributed by atoms with Crippen LogP contribution >= 0.6 is 0 Å². The van der Waals surface area contributed by atoms with Crippen LogP contribution in [0.15, 0.2) is 41.3 Å². The molecular weight excluding hydrogens is 298 g/mol. The number of nitrogens with zero attached hydrogens (tertiary/aromatic N) is 1. The number of rotatable bonds is 3. The summed E-state index contributed by atoms with van der Waals surface area (Å²) in [6, 6.07) is 8.52. The summed E-state index contributed by atoms with van der Waals surface area (Å²) in [6.45, 7) is 1.64. The number of halogens is 2. The maximum absolute atomic E-state index is 13.6. The summed E-state index contributed by atoms with van der Waals surface area (Å²) in [6.07, 6.45) is 0. The molecule has 0 saturated heterocycles. The molecule has 0 spiro atoms. The van der Waals surface area contributed by atoms with E-state index in [1.165, 1.54) is 12.1 Å². The van der Waals surface area contributed by atoms with Gasteiger partial charge < -0.3 is 0 Å². The van der Waals surface area contributed by atoms with Gasteiger partial charge in [0, 0.05) is 6.07 Å². The number of nitrogens with one attached hydrogen (secondary N) is 1. The standard InChI is InChI=1S/C14H10F2N2O2S/c1-9-2-3-10(8-17)6-13(9)18-21(19,20)14-5-4-11(15)7-12(14)16/h2-7,18H,1H3. The van der Waals surface area contributed by atoms with Gasteiger partial charge >= 0.3 is 0 Å². The van der Waals surface area contributed by atoms with Crippen LogP contribution in [0.1, 0.15) is 11.1 Å². The van der Waals surface area contributed by atoms with Crippen LogP contribution in [0.4, 0.5) is 14.5 Å². The molecule has 1 N–H and O–H groups in total. The molecule has 108 valence electrons. The van der Waals surface area contributed by atoms with Crippen molar-refractivity contribution in [1.82, 2.24) is 0 Å². The van der Waals surface area contributed by atoms with E-state index < -0.39 is 26.6 Å². The third-order valence-corrected chi connectivity index (χ3v) is 4.19. The SMILES string of the molecule is Cc1ccc(C#N)cc1NS(=O)(=O)c1ccc(F)cc1F. The molecule has 0 aliphatic heterocycles. The first-order valence-electron chi connectivity index (χ1n) is 5.82. The monoisotopic (exact) mass is 308 g/mol. The van der Waals surface area contributed by atoms with Gasteiger partial charge in [-0.25, -0.2) is 17.2 Å². The molecule has 2 aromatic carbocycles. The number of hydrogen-bond donors (Lipinski definition) is 1. The van der Waals surface area contributed by atoms with Gasteiger partial charge in [-0.05, 0) is 36.8 Å². The second kappa shape index (κ2) is 5.50. The summed E-state index contributed by atoms with van der Waals surface area (Å²) in [7, 11) is -4.21. The predicted molar refractivity (Wildman–Crippen MR) is 73.1 cm³/mol. The van der Waals surface area contributed by atoms with Gasteiger partial charge in [0.2, 0.25) is 0 Å². The molecule has 0 aromatic heterocycles. The summed E-state index contributed by atoms with van der Waals surface area (Å²) in [5.41, 5.74) is 0.996. The lowest BCUT2D eigenvalue weighted by molar-refractivity contribution is 0.551. The Morgan fingerprint density at radius 1 is 1.14 bits per heavy atom. The highest BCUT2D eigenvalue weighted by atomic mass is 32.2. The maximum atomic E-state index is 13.6. The fourth-order valence-electron chi connectivity index (χ4n) is 1.69. The minimum atomic E-state index is -4.21. The van der Waals surface area contributed by atoms with Crippen molar-refractivity contribution in [3.63, 3.8) is 0 Å². The van der Waals surface area contributed by atoms with Gasteiger partial charge in [-0.3, -0.25) is 4.72 Å². The summed E-state index contributed by atoms with van der Waals surface area (Å²) in [5, 5.41) is 8.81. The van der Waals surface area contributed by atoms with Crippen molar-refractivity contribution < 1.29 is 17.2 Å². The van der Waals surface area contributed by atoms with Crippen molar-refractivity contribution in [2.75, 3.05) is 4.72 Å². The fraction of sp³-hybridized carbons (Fsp3) is 0.0714. The zero-order chi connectivity index (χ0) is 15.6. The first kappa shape index (κ1) is 14.9. The first-order valence-corrected chi connectivity index (χ1v) is 7.30. The normalized spacial score (nSPS) is 11.0. The van der Waals surface area contributed by atoms with Gasteiger partial charge in [0.1, 0.15) is 16.5 Å². The molecule has 0 heterocycles. The minimum absolute atomic E-state index is 0.165. The van der Waals surface area contributed by atoms with Crippen LogP contribution in [0.3, 0.4) is 0 Å². The summed E-state index contributed by atoms with van der Waals surface area (Å²) in [5.74, 6) is -2.05. The highest BCUT2D eigenvalue weighted by Gasteiger charge is 2.20. The zero-order valence-electron chi connectivity index (χ0n) is 10.9. The molecule has 0 aliphatic rings. The number of aryl methyl sites for hydroxylation is 1. The Bertz CT molecular complexity index is 843. The van der Waals surface area contributed by atoms with E-state index in [4.69, 9.17) is 5.26 Å². The van der Waals surface area contributed by atoms with Crippen LogP contribution in [0.25, 0.3) is 0 Å². The van der Waals surface area contributed by atoms with Crippen molar-refractivity contribution >= 4 is 15.7 Å². The van der Waals surface area contributed by atoms with Crippen molar-refractivity contribution in [1.29, 1.82) is 5.26 Å². The van der Waals surface area contributed by atoms with Gasteiger partial charge in [0.25, 0.3) is 10.0 Å². The van der Waals surface area contributed by atoms with Crippen LogP contribution in [0.2, 0.25) is 0 Å². The van der Waals surface area contributed by atoms with Gasteiger partial charge in [0.15, 0.2) is 0 Å². The topological polar surface area (TPSA) is 70.0 Å². The van der Waals surface area contributed by atoms with E-state index in [0.29, 0.717) is 11.6 Å². The molecule has 7 heteroatoms.